The number of carbonyl (C=O) groups is 3. The zero-order valence-corrected chi connectivity index (χ0v) is 22.9. The molecule has 0 saturated carbocycles. The summed E-state index contributed by atoms with van der Waals surface area (Å²) in [4.78, 5) is 64.5. The molecule has 0 spiro atoms. The van der Waals surface area contributed by atoms with Gasteiger partial charge in [0.1, 0.15) is 11.8 Å². The summed E-state index contributed by atoms with van der Waals surface area (Å²) < 4.78 is 1.31. The Morgan fingerprint density at radius 2 is 1.76 bits per heavy atom. The second kappa shape index (κ2) is 9.53. The molecular formula is C24H18Cl2N4O6S2. The molecule has 2 aliphatic rings. The molecule has 1 N–H and O–H groups in total. The van der Waals surface area contributed by atoms with Crippen LogP contribution in [0.4, 0.5) is 17.1 Å². The van der Waals surface area contributed by atoms with Gasteiger partial charge in [-0.1, -0.05) is 60.1 Å². The minimum atomic E-state index is -0.886. The van der Waals surface area contributed by atoms with Crippen molar-refractivity contribution < 1.29 is 19.3 Å². The quantitative estimate of drug-likeness (QED) is 0.258. The highest BCUT2D eigenvalue weighted by molar-refractivity contribution is 8.00. The van der Waals surface area contributed by atoms with Crippen LogP contribution in [0.3, 0.4) is 0 Å². The Morgan fingerprint density at radius 1 is 1.08 bits per heavy atom. The zero-order valence-electron chi connectivity index (χ0n) is 19.8. The first-order chi connectivity index (χ1) is 17.9. The number of amides is 3. The van der Waals surface area contributed by atoms with Crippen LogP contribution in [0, 0.1) is 16.0 Å². The van der Waals surface area contributed by atoms with E-state index in [1.807, 2.05) is 0 Å². The summed E-state index contributed by atoms with van der Waals surface area (Å²) >= 11 is 14.0. The van der Waals surface area contributed by atoms with Crippen LogP contribution in [-0.2, 0) is 26.3 Å². The van der Waals surface area contributed by atoms with E-state index >= 15 is 0 Å². The molecule has 1 aromatic heterocycles. The predicted octanol–water partition coefficient (Wildman–Crippen LogP) is 4.71. The number of fused-ring (bicyclic) bond motifs is 2. The first-order valence-electron chi connectivity index (χ1n) is 11.2. The van der Waals surface area contributed by atoms with E-state index in [-0.39, 0.29) is 27.8 Å². The van der Waals surface area contributed by atoms with Crippen LogP contribution in [0.25, 0.3) is 0 Å². The van der Waals surface area contributed by atoms with Gasteiger partial charge in [-0.3, -0.25) is 33.9 Å². The predicted molar refractivity (Wildman–Crippen MR) is 145 cm³/mol. The van der Waals surface area contributed by atoms with Gasteiger partial charge in [0.15, 0.2) is 0 Å². The lowest BCUT2D eigenvalue weighted by Gasteiger charge is -2.36. The molecule has 0 bridgehead atoms. The standard InChI is InChI=1S/C24H18Cl2N4O6S2/c1-24(2)17-18(21(33)29(20(17)32)12-4-6-13(7-5-12)30(35)36)37-22-19(24)38-23(34)28(22)10-16(31)27-11-3-8-14(25)15(26)9-11/h3-9,17-18H,10H2,1-2H3,(H,27,31)/t17-,18+/m1/s1. The number of nitrogens with one attached hydrogen (secondary N) is 1. The number of carbonyl (C=O) groups excluding carboxylic acids is 3. The van der Waals surface area contributed by atoms with Gasteiger partial charge in [-0.2, -0.15) is 0 Å². The van der Waals surface area contributed by atoms with Gasteiger partial charge in [-0.15, -0.1) is 0 Å². The average molecular weight is 593 g/mol. The molecule has 1 saturated heterocycles. The number of rotatable bonds is 5. The van der Waals surface area contributed by atoms with Crippen molar-refractivity contribution in [3.05, 3.63) is 77.2 Å². The van der Waals surface area contributed by atoms with E-state index in [1.54, 1.807) is 19.9 Å². The van der Waals surface area contributed by atoms with Crippen molar-refractivity contribution in [1.29, 1.82) is 0 Å². The highest BCUT2D eigenvalue weighted by Crippen LogP contribution is 2.54. The minimum Gasteiger partial charge on any atom is -0.324 e. The molecule has 0 aliphatic carbocycles. The Bertz CT molecular complexity index is 1580. The highest BCUT2D eigenvalue weighted by Gasteiger charge is 2.59. The third-order valence-electron chi connectivity index (χ3n) is 6.53. The third kappa shape index (κ3) is 4.31. The van der Waals surface area contributed by atoms with Crippen molar-refractivity contribution in [2.75, 3.05) is 10.2 Å². The molecular weight excluding hydrogens is 575 g/mol. The van der Waals surface area contributed by atoms with Crippen LogP contribution in [0.5, 0.6) is 0 Å². The van der Waals surface area contributed by atoms with E-state index in [9.17, 15) is 29.3 Å². The molecule has 0 unspecified atom stereocenters. The first kappa shape index (κ1) is 26.4. The number of nitro benzene ring substituents is 1. The van der Waals surface area contributed by atoms with Gasteiger partial charge in [0.2, 0.25) is 17.7 Å². The summed E-state index contributed by atoms with van der Waals surface area (Å²) in [5, 5.41) is 13.9. The summed E-state index contributed by atoms with van der Waals surface area (Å²) in [5.41, 5.74) is -0.406. The number of imide groups is 1. The maximum Gasteiger partial charge on any atom is 0.308 e. The molecule has 3 heterocycles. The van der Waals surface area contributed by atoms with Crippen molar-refractivity contribution in [2.45, 2.75) is 36.1 Å². The Morgan fingerprint density at radius 3 is 2.39 bits per heavy atom. The summed E-state index contributed by atoms with van der Waals surface area (Å²) in [6, 6.07) is 9.80. The number of aromatic nitrogens is 1. The number of nitrogens with zero attached hydrogens (tertiary/aromatic N) is 3. The van der Waals surface area contributed by atoms with Crippen LogP contribution in [0.2, 0.25) is 10.0 Å². The van der Waals surface area contributed by atoms with Crippen molar-refractivity contribution in [3.63, 3.8) is 0 Å². The smallest absolute Gasteiger partial charge is 0.308 e. The number of hydrogen-bond donors (Lipinski definition) is 1. The topological polar surface area (TPSA) is 132 Å². The van der Waals surface area contributed by atoms with Crippen LogP contribution < -0.4 is 15.1 Å². The number of hydrogen-bond acceptors (Lipinski definition) is 8. The van der Waals surface area contributed by atoms with Crippen LogP contribution in [0.15, 0.2) is 52.3 Å². The van der Waals surface area contributed by atoms with E-state index in [0.29, 0.717) is 20.6 Å². The maximum atomic E-state index is 13.5. The van der Waals surface area contributed by atoms with E-state index < -0.39 is 39.2 Å². The number of thiazole rings is 1. The second-order valence-corrected chi connectivity index (χ2v) is 12.2. The molecule has 10 nitrogen and oxygen atoms in total. The summed E-state index contributed by atoms with van der Waals surface area (Å²) in [7, 11) is 0. The van der Waals surface area contributed by atoms with Crippen molar-refractivity contribution in [1.82, 2.24) is 4.57 Å². The molecule has 14 heteroatoms. The molecule has 2 aliphatic heterocycles. The lowest BCUT2D eigenvalue weighted by molar-refractivity contribution is -0.384. The number of nitro groups is 1. The lowest BCUT2D eigenvalue weighted by Crippen LogP contribution is -2.41. The number of halogens is 2. The van der Waals surface area contributed by atoms with Gasteiger partial charge in [0, 0.05) is 28.1 Å². The average Bonchev–Trinajstić information content (AvgIpc) is 3.30. The fourth-order valence-corrected chi connectivity index (χ4v) is 8.00. The summed E-state index contributed by atoms with van der Waals surface area (Å²) in [6.07, 6.45) is 0. The Balaban J connectivity index is 1.44. The van der Waals surface area contributed by atoms with Crippen LogP contribution in [-0.4, -0.2) is 32.5 Å². The Labute approximate surface area is 233 Å². The molecule has 0 radical (unpaired) electrons. The van der Waals surface area contributed by atoms with Crippen molar-refractivity contribution in [2.24, 2.45) is 5.92 Å². The fraction of sp³-hybridized carbons (Fsp3) is 0.250. The molecule has 3 amide bonds. The summed E-state index contributed by atoms with van der Waals surface area (Å²) in [5.74, 6) is -2.17. The number of non-ortho nitro benzene ring substituents is 1. The van der Waals surface area contributed by atoms with Gasteiger partial charge in [0.05, 0.1) is 31.6 Å². The van der Waals surface area contributed by atoms with Crippen LogP contribution >= 0.6 is 46.3 Å². The zero-order chi connectivity index (χ0) is 27.5. The normalized spacial score (nSPS) is 19.7. The third-order valence-corrected chi connectivity index (χ3v) is 10.1. The summed E-state index contributed by atoms with van der Waals surface area (Å²) in [6.45, 7) is 3.28. The van der Waals surface area contributed by atoms with E-state index in [1.165, 1.54) is 41.0 Å². The Kier molecular flexibility index (Phi) is 6.62. The van der Waals surface area contributed by atoms with Crippen molar-refractivity contribution in [3.8, 4) is 0 Å². The van der Waals surface area contributed by atoms with E-state index in [2.05, 4.69) is 5.32 Å². The van der Waals surface area contributed by atoms with Gasteiger partial charge in [0.25, 0.3) is 5.69 Å². The maximum absolute atomic E-state index is 13.5. The monoisotopic (exact) mass is 592 g/mol. The lowest BCUT2D eigenvalue weighted by atomic mass is 9.76. The largest absolute Gasteiger partial charge is 0.324 e. The number of thioether (sulfide) groups is 1. The Hall–Kier alpha value is -3.19. The van der Waals surface area contributed by atoms with E-state index in [4.69, 9.17) is 23.2 Å². The van der Waals surface area contributed by atoms with Gasteiger partial charge in [-0.05, 0) is 30.3 Å². The second-order valence-electron chi connectivity index (χ2n) is 9.29. The van der Waals surface area contributed by atoms with Gasteiger partial charge < -0.3 is 5.32 Å². The molecule has 196 valence electrons. The SMILES string of the molecule is CC1(C)c2sc(=O)n(CC(=O)Nc3ccc(Cl)c(Cl)c3)c2S[C@@H]2C(=O)N(c3ccc([N+](=O)[O-])cc3)C(=O)[C@@H]21. The highest BCUT2D eigenvalue weighted by atomic mass is 35.5. The van der Waals surface area contributed by atoms with Crippen molar-refractivity contribution >= 4 is 81.1 Å². The van der Waals surface area contributed by atoms with E-state index in [0.717, 1.165) is 28.0 Å². The molecule has 3 aromatic rings. The fourth-order valence-electron chi connectivity index (χ4n) is 4.66. The number of anilines is 2. The first-order valence-corrected chi connectivity index (χ1v) is 13.6. The van der Waals surface area contributed by atoms with Gasteiger partial charge >= 0.3 is 4.87 Å². The molecule has 2 aromatic carbocycles. The van der Waals surface area contributed by atoms with Crippen LogP contribution in [0.1, 0.15) is 18.7 Å². The van der Waals surface area contributed by atoms with Gasteiger partial charge in [-0.25, -0.2) is 4.90 Å². The number of benzene rings is 2. The molecule has 1 fully saturated rings. The molecule has 2 atom stereocenters. The molecule has 5 rings (SSSR count). The molecule has 38 heavy (non-hydrogen) atoms. The minimum absolute atomic E-state index is 0.162.